The van der Waals surface area contributed by atoms with Crippen molar-refractivity contribution in [2.45, 2.75) is 65.7 Å². The zero-order valence-corrected chi connectivity index (χ0v) is 19.0. The number of rotatable bonds is 8. The highest BCUT2D eigenvalue weighted by Gasteiger charge is 2.34. The van der Waals surface area contributed by atoms with Crippen molar-refractivity contribution < 1.29 is 13.2 Å². The van der Waals surface area contributed by atoms with E-state index in [0.717, 1.165) is 23.1 Å². The van der Waals surface area contributed by atoms with Gasteiger partial charge >= 0.3 is 0 Å². The Bertz CT molecular complexity index is 769. The number of imidazole rings is 1. The van der Waals surface area contributed by atoms with Crippen molar-refractivity contribution in [1.29, 1.82) is 0 Å². The molecular weight excluding hydrogens is 382 g/mol. The molecule has 1 aromatic rings. The van der Waals surface area contributed by atoms with E-state index in [9.17, 15) is 13.2 Å². The maximum Gasteiger partial charge on any atom is 0.233 e. The first kappa shape index (κ1) is 22.3. The van der Waals surface area contributed by atoms with Gasteiger partial charge in [-0.2, -0.15) is 0 Å². The van der Waals surface area contributed by atoms with Crippen molar-refractivity contribution in [3.8, 4) is 0 Å². The first-order valence-corrected chi connectivity index (χ1v) is 12.5. The Kier molecular flexibility index (Phi) is 7.41. The van der Waals surface area contributed by atoms with E-state index in [4.69, 9.17) is 0 Å². The number of aryl methyl sites for hydroxylation is 1. The summed E-state index contributed by atoms with van der Waals surface area (Å²) in [5.74, 6) is 1.37. The molecule has 1 fully saturated rings. The molecule has 1 amide bonds. The van der Waals surface area contributed by atoms with E-state index in [1.165, 1.54) is 11.8 Å². The van der Waals surface area contributed by atoms with E-state index in [-0.39, 0.29) is 29.2 Å². The zero-order chi connectivity index (χ0) is 20.4. The Hall–Kier alpha value is -1.02. The molecular formula is C19H33N3O3S2. The van der Waals surface area contributed by atoms with Crippen molar-refractivity contribution in [3.63, 3.8) is 0 Å². The van der Waals surface area contributed by atoms with Crippen LogP contribution in [-0.2, 0) is 21.2 Å². The lowest BCUT2D eigenvalue weighted by molar-refractivity contribution is -0.130. The number of carbonyl (C=O) groups is 1. The van der Waals surface area contributed by atoms with E-state index in [1.54, 1.807) is 4.90 Å². The number of carbonyl (C=O) groups excluding carboxylic acids is 1. The minimum absolute atomic E-state index is 0.00482. The van der Waals surface area contributed by atoms with Gasteiger partial charge in [0.05, 0.1) is 23.0 Å². The maximum absolute atomic E-state index is 12.9. The molecule has 1 saturated heterocycles. The highest BCUT2D eigenvalue weighted by molar-refractivity contribution is 7.99. The average molecular weight is 416 g/mol. The van der Waals surface area contributed by atoms with Crippen LogP contribution in [0.3, 0.4) is 0 Å². The van der Waals surface area contributed by atoms with Crippen LogP contribution in [-0.4, -0.2) is 58.6 Å². The maximum atomic E-state index is 12.9. The molecule has 2 heterocycles. The topological polar surface area (TPSA) is 72.3 Å². The van der Waals surface area contributed by atoms with Crippen LogP contribution in [0.2, 0.25) is 0 Å². The average Bonchev–Trinajstić information content (AvgIpc) is 3.03. The summed E-state index contributed by atoms with van der Waals surface area (Å²) in [5, 5.41) is 0.871. The summed E-state index contributed by atoms with van der Waals surface area (Å²) in [6.07, 6.45) is 0.547. The Morgan fingerprint density at radius 3 is 2.44 bits per heavy atom. The molecule has 0 aliphatic carbocycles. The van der Waals surface area contributed by atoms with Crippen molar-refractivity contribution in [2.75, 3.05) is 23.8 Å². The second kappa shape index (κ2) is 8.99. The largest absolute Gasteiger partial charge is 0.338 e. The highest BCUT2D eigenvalue weighted by atomic mass is 32.2. The second-order valence-electron chi connectivity index (χ2n) is 8.36. The van der Waals surface area contributed by atoms with Gasteiger partial charge in [-0.25, -0.2) is 13.4 Å². The SMILES string of the molecule is Cc1nc(SCC(=O)N(CC(C)C)C2CCS(=O)(=O)C2)n(CC(C)C)c1C. The molecule has 0 radical (unpaired) electrons. The lowest BCUT2D eigenvalue weighted by atomic mass is 10.1. The summed E-state index contributed by atoms with van der Waals surface area (Å²) in [7, 11) is -3.02. The monoisotopic (exact) mass is 415 g/mol. The van der Waals surface area contributed by atoms with Gasteiger partial charge in [0.2, 0.25) is 5.91 Å². The molecule has 0 bridgehead atoms. The number of nitrogens with zero attached hydrogens (tertiary/aromatic N) is 3. The van der Waals surface area contributed by atoms with E-state index < -0.39 is 9.84 Å². The molecule has 1 aliphatic heterocycles. The van der Waals surface area contributed by atoms with Crippen molar-refractivity contribution in [2.24, 2.45) is 11.8 Å². The van der Waals surface area contributed by atoms with E-state index in [2.05, 4.69) is 44.2 Å². The number of aromatic nitrogens is 2. The van der Waals surface area contributed by atoms with Crippen LogP contribution < -0.4 is 0 Å². The van der Waals surface area contributed by atoms with Gasteiger partial charge in [-0.15, -0.1) is 0 Å². The van der Waals surface area contributed by atoms with Crippen LogP contribution in [0, 0.1) is 25.7 Å². The smallest absolute Gasteiger partial charge is 0.233 e. The Morgan fingerprint density at radius 2 is 1.93 bits per heavy atom. The molecule has 0 spiro atoms. The lowest BCUT2D eigenvalue weighted by Crippen LogP contribution is -2.44. The predicted molar refractivity (Wildman–Crippen MR) is 111 cm³/mol. The molecule has 0 aromatic carbocycles. The van der Waals surface area contributed by atoms with Crippen LogP contribution in [0.1, 0.15) is 45.5 Å². The summed E-state index contributed by atoms with van der Waals surface area (Å²) in [5.41, 5.74) is 2.13. The fourth-order valence-electron chi connectivity index (χ4n) is 3.39. The highest BCUT2D eigenvalue weighted by Crippen LogP contribution is 2.25. The van der Waals surface area contributed by atoms with E-state index in [1.807, 2.05) is 6.92 Å². The first-order chi connectivity index (χ1) is 12.5. The molecule has 0 N–H and O–H groups in total. The van der Waals surface area contributed by atoms with Crippen LogP contribution in [0.4, 0.5) is 0 Å². The summed E-state index contributed by atoms with van der Waals surface area (Å²) in [4.78, 5) is 19.4. The van der Waals surface area contributed by atoms with Crippen LogP contribution >= 0.6 is 11.8 Å². The molecule has 1 aromatic heterocycles. The van der Waals surface area contributed by atoms with Crippen molar-refractivity contribution in [1.82, 2.24) is 14.5 Å². The molecule has 6 nitrogen and oxygen atoms in total. The van der Waals surface area contributed by atoms with Crippen LogP contribution in [0.15, 0.2) is 5.16 Å². The molecule has 8 heteroatoms. The molecule has 0 saturated carbocycles. The summed E-state index contributed by atoms with van der Waals surface area (Å²) in [6.45, 7) is 14.0. The zero-order valence-electron chi connectivity index (χ0n) is 17.4. The van der Waals surface area contributed by atoms with Gasteiger partial charge in [0.15, 0.2) is 15.0 Å². The third kappa shape index (κ3) is 5.98. The molecule has 154 valence electrons. The summed E-state index contributed by atoms with van der Waals surface area (Å²) in [6, 6.07) is -0.190. The fraction of sp³-hybridized carbons (Fsp3) is 0.789. The standard InChI is InChI=1S/C19H33N3O3S2/c1-13(2)9-21-16(6)15(5)20-19(21)26-11-18(23)22(10-14(3)4)17-7-8-27(24,25)12-17/h13-14,17H,7-12H2,1-6H3. The van der Waals surface area contributed by atoms with Gasteiger partial charge in [-0.05, 0) is 32.1 Å². The second-order valence-corrected chi connectivity index (χ2v) is 11.5. The Labute approximate surface area is 168 Å². The third-order valence-electron chi connectivity index (χ3n) is 4.83. The number of amides is 1. The molecule has 27 heavy (non-hydrogen) atoms. The quantitative estimate of drug-likeness (QED) is 0.611. The Morgan fingerprint density at radius 1 is 1.26 bits per heavy atom. The number of hydrogen-bond donors (Lipinski definition) is 0. The fourth-order valence-corrected chi connectivity index (χ4v) is 6.11. The van der Waals surface area contributed by atoms with Gasteiger partial charge in [-0.1, -0.05) is 39.5 Å². The molecule has 2 rings (SSSR count). The summed E-state index contributed by atoms with van der Waals surface area (Å²) < 4.78 is 25.9. The van der Waals surface area contributed by atoms with Gasteiger partial charge < -0.3 is 9.47 Å². The Balaban J connectivity index is 2.11. The van der Waals surface area contributed by atoms with Crippen LogP contribution in [0.5, 0.6) is 0 Å². The molecule has 1 aliphatic rings. The summed E-state index contributed by atoms with van der Waals surface area (Å²) >= 11 is 1.46. The predicted octanol–water partition coefficient (Wildman–Crippen LogP) is 2.92. The third-order valence-corrected chi connectivity index (χ3v) is 7.54. The lowest BCUT2D eigenvalue weighted by Gasteiger charge is -2.30. The normalized spacial score (nSPS) is 19.2. The number of thioether (sulfide) groups is 1. The van der Waals surface area contributed by atoms with Gasteiger partial charge in [-0.3, -0.25) is 4.79 Å². The van der Waals surface area contributed by atoms with Crippen molar-refractivity contribution >= 4 is 27.5 Å². The molecule has 1 atom stereocenters. The minimum atomic E-state index is -3.02. The van der Waals surface area contributed by atoms with E-state index >= 15 is 0 Å². The van der Waals surface area contributed by atoms with Gasteiger partial charge in [0.25, 0.3) is 0 Å². The number of hydrogen-bond acceptors (Lipinski definition) is 5. The van der Waals surface area contributed by atoms with Gasteiger partial charge in [0, 0.05) is 24.8 Å². The minimum Gasteiger partial charge on any atom is -0.338 e. The molecule has 1 unspecified atom stereocenters. The van der Waals surface area contributed by atoms with Crippen molar-refractivity contribution in [3.05, 3.63) is 11.4 Å². The van der Waals surface area contributed by atoms with E-state index in [0.29, 0.717) is 24.8 Å². The first-order valence-electron chi connectivity index (χ1n) is 9.66. The number of sulfone groups is 1. The van der Waals surface area contributed by atoms with Gasteiger partial charge in [0.1, 0.15) is 0 Å². The van der Waals surface area contributed by atoms with Crippen LogP contribution in [0.25, 0.3) is 0 Å².